The van der Waals surface area contributed by atoms with Gasteiger partial charge in [-0.2, -0.15) is 0 Å². The monoisotopic (exact) mass is 443 g/mol. The van der Waals surface area contributed by atoms with Crippen LogP contribution in [0.1, 0.15) is 15.9 Å². The van der Waals surface area contributed by atoms with Gasteiger partial charge in [-0.1, -0.05) is 66.2 Å². The molecule has 4 aromatic carbocycles. The quantitative estimate of drug-likeness (QED) is 0.358. The Hall–Kier alpha value is -4.71. The Bertz CT molecular complexity index is 1710. The van der Waals surface area contributed by atoms with E-state index in [-0.39, 0.29) is 5.91 Å². The lowest BCUT2D eigenvalue weighted by Crippen LogP contribution is -2.14. The summed E-state index contributed by atoms with van der Waals surface area (Å²) in [5.74, 6) is -0.0267. The zero-order valence-electron chi connectivity index (χ0n) is 18.5. The summed E-state index contributed by atoms with van der Waals surface area (Å²) in [5.41, 5.74) is 12.1. The van der Waals surface area contributed by atoms with E-state index < -0.39 is 0 Å². The molecule has 2 heterocycles. The normalized spacial score (nSPS) is 11.3. The summed E-state index contributed by atoms with van der Waals surface area (Å²) in [4.78, 5) is 23.3. The average Bonchev–Trinajstić information content (AvgIpc) is 3.14. The molecule has 0 aliphatic heterocycles. The molecule has 0 radical (unpaired) electrons. The predicted octanol–water partition coefficient (Wildman–Crippen LogP) is 5.87. The minimum Gasteiger partial charge on any atom is -0.384 e. The van der Waals surface area contributed by atoms with Crippen molar-refractivity contribution in [1.82, 2.24) is 14.5 Å². The number of carbonyl (C=O) groups is 1. The number of carbonyl (C=O) groups excluding carboxylic acids is 1. The van der Waals surface area contributed by atoms with Crippen LogP contribution in [0.4, 0.5) is 11.5 Å². The van der Waals surface area contributed by atoms with Crippen LogP contribution in [0.15, 0.2) is 91.0 Å². The van der Waals surface area contributed by atoms with Crippen LogP contribution in [0.3, 0.4) is 0 Å². The van der Waals surface area contributed by atoms with E-state index in [1.165, 1.54) is 0 Å². The molecule has 2 aromatic heterocycles. The number of nitrogens with two attached hydrogens (primary N) is 1. The van der Waals surface area contributed by atoms with Gasteiger partial charge in [0.25, 0.3) is 5.91 Å². The smallest absolute Gasteiger partial charge is 0.261 e. The van der Waals surface area contributed by atoms with Gasteiger partial charge in [0.15, 0.2) is 5.65 Å². The molecule has 0 spiro atoms. The molecule has 0 bridgehead atoms. The summed E-state index contributed by atoms with van der Waals surface area (Å²) in [5, 5.41) is 5.05. The van der Waals surface area contributed by atoms with Crippen molar-refractivity contribution in [3.8, 4) is 5.69 Å². The fraction of sp³-hybridized carbons (Fsp3) is 0.0357. The van der Waals surface area contributed by atoms with Crippen LogP contribution in [0.5, 0.6) is 0 Å². The van der Waals surface area contributed by atoms with Crippen LogP contribution in [0, 0.1) is 6.92 Å². The fourth-order valence-corrected chi connectivity index (χ4v) is 4.36. The molecule has 6 rings (SSSR count). The number of hydrogen-bond donors (Lipinski definition) is 2. The topological polar surface area (TPSA) is 85.8 Å². The first-order chi connectivity index (χ1) is 16.6. The molecule has 0 aliphatic carbocycles. The van der Waals surface area contributed by atoms with Gasteiger partial charge >= 0.3 is 0 Å². The van der Waals surface area contributed by atoms with E-state index >= 15 is 0 Å². The lowest BCUT2D eigenvalue weighted by molar-refractivity contribution is 0.102. The highest BCUT2D eigenvalue weighted by atomic mass is 16.1. The van der Waals surface area contributed by atoms with Gasteiger partial charge in [-0.05, 0) is 42.6 Å². The first-order valence-electron chi connectivity index (χ1n) is 11.0. The average molecular weight is 444 g/mol. The van der Waals surface area contributed by atoms with Crippen LogP contribution in [-0.2, 0) is 0 Å². The lowest BCUT2D eigenvalue weighted by atomic mass is 10.1. The van der Waals surface area contributed by atoms with Crippen LogP contribution in [0.25, 0.3) is 38.7 Å². The fourth-order valence-electron chi connectivity index (χ4n) is 4.36. The molecule has 164 valence electrons. The third-order valence-electron chi connectivity index (χ3n) is 6.05. The standard InChI is InChI=1S/C28H21N5O/c1-17-13-15-19(16-14-17)33-26(29)24(25-27(33)31-23-11-5-4-10-22(23)30-25)28(34)32-21-12-6-8-18-7-2-3-9-20(18)21/h2-16H,29H2,1H3,(H,32,34). The number of amides is 1. The number of nitrogen functional groups attached to an aromatic ring is 1. The molecule has 0 unspecified atom stereocenters. The third kappa shape index (κ3) is 3.16. The summed E-state index contributed by atoms with van der Waals surface area (Å²) in [7, 11) is 0. The van der Waals surface area contributed by atoms with Crippen LogP contribution < -0.4 is 11.1 Å². The summed E-state index contributed by atoms with van der Waals surface area (Å²) in [6.07, 6.45) is 0. The van der Waals surface area contributed by atoms with Crippen LogP contribution in [-0.4, -0.2) is 20.4 Å². The zero-order valence-corrected chi connectivity index (χ0v) is 18.5. The number of nitrogens with zero attached hydrogens (tertiary/aromatic N) is 3. The van der Waals surface area contributed by atoms with Crippen LogP contribution >= 0.6 is 0 Å². The van der Waals surface area contributed by atoms with Gasteiger partial charge < -0.3 is 11.1 Å². The lowest BCUT2D eigenvalue weighted by Gasteiger charge is -2.10. The van der Waals surface area contributed by atoms with Crippen molar-refractivity contribution < 1.29 is 4.79 Å². The van der Waals surface area contributed by atoms with Crippen molar-refractivity contribution >= 4 is 50.4 Å². The molecule has 6 heteroatoms. The van der Waals surface area contributed by atoms with Gasteiger partial charge in [0, 0.05) is 16.8 Å². The van der Waals surface area contributed by atoms with Crippen molar-refractivity contribution in [2.75, 3.05) is 11.1 Å². The maximum atomic E-state index is 13.7. The molecule has 6 aromatic rings. The number of rotatable bonds is 3. The molecule has 0 aliphatic rings. The van der Waals surface area contributed by atoms with E-state index in [0.717, 1.165) is 27.5 Å². The maximum absolute atomic E-state index is 13.7. The number of hydrogen-bond acceptors (Lipinski definition) is 4. The molecule has 6 nitrogen and oxygen atoms in total. The van der Waals surface area contributed by atoms with Crippen molar-refractivity contribution in [3.05, 3.63) is 102 Å². The Morgan fingerprint density at radius 3 is 2.29 bits per heavy atom. The van der Waals surface area contributed by atoms with Crippen molar-refractivity contribution in [2.45, 2.75) is 6.92 Å². The molecular weight excluding hydrogens is 422 g/mol. The Labute approximate surface area is 195 Å². The third-order valence-corrected chi connectivity index (χ3v) is 6.05. The van der Waals surface area contributed by atoms with E-state index in [1.54, 1.807) is 4.57 Å². The minimum absolute atomic E-state index is 0.298. The van der Waals surface area contributed by atoms with Gasteiger partial charge in [-0.25, -0.2) is 9.97 Å². The van der Waals surface area contributed by atoms with Crippen molar-refractivity contribution in [2.24, 2.45) is 0 Å². The van der Waals surface area contributed by atoms with Gasteiger partial charge in [-0.15, -0.1) is 0 Å². The molecule has 34 heavy (non-hydrogen) atoms. The second kappa shape index (κ2) is 7.71. The predicted molar refractivity (Wildman–Crippen MR) is 137 cm³/mol. The Balaban J connectivity index is 1.57. The van der Waals surface area contributed by atoms with Crippen molar-refractivity contribution in [1.29, 1.82) is 0 Å². The first-order valence-corrected chi connectivity index (χ1v) is 11.0. The highest BCUT2D eigenvalue weighted by molar-refractivity contribution is 6.18. The number of anilines is 2. The number of benzene rings is 4. The summed E-state index contributed by atoms with van der Waals surface area (Å²) in [6, 6.07) is 29.3. The summed E-state index contributed by atoms with van der Waals surface area (Å²) in [6.45, 7) is 2.03. The largest absolute Gasteiger partial charge is 0.384 e. The van der Waals surface area contributed by atoms with Gasteiger partial charge in [0.05, 0.1) is 11.0 Å². The van der Waals surface area contributed by atoms with E-state index in [0.29, 0.717) is 33.7 Å². The number of nitrogens with one attached hydrogen (secondary N) is 1. The van der Waals surface area contributed by atoms with Crippen molar-refractivity contribution in [3.63, 3.8) is 0 Å². The second-order valence-electron chi connectivity index (χ2n) is 8.30. The molecule has 3 N–H and O–H groups in total. The van der Waals surface area contributed by atoms with E-state index in [9.17, 15) is 4.79 Å². The van der Waals surface area contributed by atoms with E-state index in [4.69, 9.17) is 15.7 Å². The molecule has 0 fully saturated rings. The minimum atomic E-state index is -0.325. The first kappa shape index (κ1) is 19.9. The number of aromatic nitrogens is 3. The molecule has 0 saturated carbocycles. The van der Waals surface area contributed by atoms with Gasteiger partial charge in [-0.3, -0.25) is 9.36 Å². The summed E-state index contributed by atoms with van der Waals surface area (Å²) < 4.78 is 1.80. The SMILES string of the molecule is Cc1ccc(-n2c(N)c(C(=O)Nc3cccc4ccccc34)c3nc4ccccc4nc32)cc1. The molecule has 0 saturated heterocycles. The van der Waals surface area contributed by atoms with E-state index in [2.05, 4.69) is 5.32 Å². The zero-order chi connectivity index (χ0) is 23.2. The molecule has 0 atom stereocenters. The van der Waals surface area contributed by atoms with Gasteiger partial charge in [0.1, 0.15) is 16.9 Å². The molecular formula is C28H21N5O. The highest BCUT2D eigenvalue weighted by Gasteiger charge is 2.25. The Morgan fingerprint density at radius 1 is 0.824 bits per heavy atom. The maximum Gasteiger partial charge on any atom is 0.261 e. The number of para-hydroxylation sites is 2. The summed E-state index contributed by atoms with van der Waals surface area (Å²) >= 11 is 0. The van der Waals surface area contributed by atoms with E-state index in [1.807, 2.05) is 97.9 Å². The number of aryl methyl sites for hydroxylation is 1. The Morgan fingerprint density at radius 2 is 1.50 bits per heavy atom. The number of fused-ring (bicyclic) bond motifs is 3. The second-order valence-corrected chi connectivity index (χ2v) is 8.30. The molecule has 1 amide bonds. The Kier molecular flexibility index (Phi) is 4.52. The van der Waals surface area contributed by atoms with Gasteiger partial charge in [0.2, 0.25) is 0 Å². The highest BCUT2D eigenvalue weighted by Crippen LogP contribution is 2.32. The van der Waals surface area contributed by atoms with Crippen LogP contribution in [0.2, 0.25) is 0 Å².